The maximum Gasteiger partial charge on any atom is 0.0647 e. The van der Waals surface area contributed by atoms with Gasteiger partial charge in [-0.1, -0.05) is 38.1 Å². The van der Waals surface area contributed by atoms with Crippen LogP contribution in [0.3, 0.4) is 0 Å². The van der Waals surface area contributed by atoms with Crippen LogP contribution in [0.4, 0.5) is 0 Å². The zero-order valence-electron chi connectivity index (χ0n) is 14.1. The van der Waals surface area contributed by atoms with E-state index in [1.807, 2.05) is 18.8 Å². The predicted molar refractivity (Wildman–Crippen MR) is 88.6 cm³/mol. The molecular weight excluding hydrogens is 258 g/mol. The molecule has 114 valence electrons. The fourth-order valence-corrected chi connectivity index (χ4v) is 3.06. The normalized spacial score (nSPS) is 12.9. The topological polar surface area (TPSA) is 29.9 Å². The molecule has 1 aromatic carbocycles. The second-order valence-electron chi connectivity index (χ2n) is 6.27. The van der Waals surface area contributed by atoms with E-state index < -0.39 is 0 Å². The Kier molecular flexibility index (Phi) is 4.84. The molecule has 0 aliphatic carbocycles. The highest BCUT2D eigenvalue weighted by molar-refractivity contribution is 5.38. The minimum absolute atomic E-state index is 0.200. The Bertz CT molecular complexity index is 611. The smallest absolute Gasteiger partial charge is 0.0647 e. The Morgan fingerprint density at radius 1 is 1.24 bits per heavy atom. The highest BCUT2D eigenvalue weighted by atomic mass is 15.3. The minimum Gasteiger partial charge on any atom is -0.309 e. The first-order valence-corrected chi connectivity index (χ1v) is 7.70. The molecule has 0 aliphatic rings. The maximum atomic E-state index is 4.55. The van der Waals surface area contributed by atoms with Gasteiger partial charge in [-0.15, -0.1) is 0 Å². The van der Waals surface area contributed by atoms with Crippen molar-refractivity contribution in [3.05, 3.63) is 52.3 Å². The number of aromatic nitrogens is 2. The molecular formula is C18H27N3. The predicted octanol–water partition coefficient (Wildman–Crippen LogP) is 3.54. The molecule has 1 aromatic heterocycles. The van der Waals surface area contributed by atoms with Crippen LogP contribution in [0.2, 0.25) is 0 Å². The van der Waals surface area contributed by atoms with Crippen molar-refractivity contribution in [2.75, 3.05) is 7.05 Å². The molecule has 0 fully saturated rings. The highest BCUT2D eigenvalue weighted by Gasteiger charge is 2.20. The fraction of sp³-hybridized carbons (Fsp3) is 0.500. The van der Waals surface area contributed by atoms with E-state index in [0.29, 0.717) is 5.92 Å². The first-order valence-electron chi connectivity index (χ1n) is 7.70. The van der Waals surface area contributed by atoms with Gasteiger partial charge in [0.15, 0.2) is 0 Å². The lowest BCUT2D eigenvalue weighted by Gasteiger charge is -2.19. The van der Waals surface area contributed by atoms with Gasteiger partial charge in [0.2, 0.25) is 0 Å². The van der Waals surface area contributed by atoms with Crippen LogP contribution in [-0.2, 0) is 13.5 Å². The van der Waals surface area contributed by atoms with Gasteiger partial charge in [-0.3, -0.25) is 4.68 Å². The van der Waals surface area contributed by atoms with E-state index >= 15 is 0 Å². The van der Waals surface area contributed by atoms with E-state index in [4.69, 9.17) is 0 Å². The lowest BCUT2D eigenvalue weighted by molar-refractivity contribution is 0.642. The van der Waals surface area contributed by atoms with Crippen LogP contribution in [0.15, 0.2) is 24.3 Å². The van der Waals surface area contributed by atoms with Crippen LogP contribution < -0.4 is 5.32 Å². The number of rotatable bonds is 5. The van der Waals surface area contributed by atoms with Crippen LogP contribution in [0.5, 0.6) is 0 Å². The first kappa shape index (κ1) is 15.8. The standard InChI is InChI=1S/C18H27N3/c1-12(2)10-15-8-7-9-16(11-15)18(19-5)17-13(3)20-21(6)14(17)4/h7-9,11-12,18-19H,10H2,1-6H3. The molecule has 2 aromatic rings. The molecule has 1 atom stereocenters. The van der Waals surface area contributed by atoms with Crippen molar-refractivity contribution in [1.29, 1.82) is 0 Å². The largest absolute Gasteiger partial charge is 0.309 e. The zero-order chi connectivity index (χ0) is 15.6. The van der Waals surface area contributed by atoms with E-state index in [1.54, 1.807) is 0 Å². The Morgan fingerprint density at radius 3 is 2.48 bits per heavy atom. The van der Waals surface area contributed by atoms with E-state index in [2.05, 4.69) is 62.4 Å². The molecule has 21 heavy (non-hydrogen) atoms. The fourth-order valence-electron chi connectivity index (χ4n) is 3.06. The molecule has 1 N–H and O–H groups in total. The van der Waals surface area contributed by atoms with Crippen molar-refractivity contribution in [2.24, 2.45) is 13.0 Å². The first-order chi connectivity index (χ1) is 9.93. The SMILES string of the molecule is CNC(c1cccc(CC(C)C)c1)c1c(C)nn(C)c1C. The molecule has 0 saturated heterocycles. The molecule has 0 radical (unpaired) electrons. The summed E-state index contributed by atoms with van der Waals surface area (Å²) in [5.74, 6) is 0.676. The summed E-state index contributed by atoms with van der Waals surface area (Å²) in [6.45, 7) is 8.75. The third-order valence-corrected chi connectivity index (χ3v) is 4.07. The summed E-state index contributed by atoms with van der Waals surface area (Å²) < 4.78 is 1.97. The van der Waals surface area contributed by atoms with E-state index in [9.17, 15) is 0 Å². The zero-order valence-corrected chi connectivity index (χ0v) is 14.1. The molecule has 0 amide bonds. The molecule has 2 rings (SSSR count). The number of hydrogen-bond acceptors (Lipinski definition) is 2. The van der Waals surface area contributed by atoms with Crippen LogP contribution in [-0.4, -0.2) is 16.8 Å². The Morgan fingerprint density at radius 2 is 1.95 bits per heavy atom. The monoisotopic (exact) mass is 285 g/mol. The van der Waals surface area contributed by atoms with Gasteiger partial charge < -0.3 is 5.32 Å². The van der Waals surface area contributed by atoms with Gasteiger partial charge >= 0.3 is 0 Å². The molecule has 1 unspecified atom stereocenters. The molecule has 3 nitrogen and oxygen atoms in total. The number of nitrogens with zero attached hydrogens (tertiary/aromatic N) is 2. The lowest BCUT2D eigenvalue weighted by Crippen LogP contribution is -2.19. The van der Waals surface area contributed by atoms with Crippen LogP contribution >= 0.6 is 0 Å². The average molecular weight is 285 g/mol. The summed E-state index contributed by atoms with van der Waals surface area (Å²) >= 11 is 0. The van der Waals surface area contributed by atoms with Crippen LogP contribution in [0.1, 0.15) is 48.0 Å². The van der Waals surface area contributed by atoms with Gasteiger partial charge in [0.25, 0.3) is 0 Å². The Hall–Kier alpha value is -1.61. The quantitative estimate of drug-likeness (QED) is 0.910. The van der Waals surface area contributed by atoms with Crippen LogP contribution in [0.25, 0.3) is 0 Å². The molecule has 3 heteroatoms. The number of hydrogen-bond donors (Lipinski definition) is 1. The van der Waals surface area contributed by atoms with Crippen molar-refractivity contribution in [3.8, 4) is 0 Å². The van der Waals surface area contributed by atoms with Crippen molar-refractivity contribution in [3.63, 3.8) is 0 Å². The van der Waals surface area contributed by atoms with Gasteiger partial charge in [-0.2, -0.15) is 5.10 Å². The number of nitrogens with one attached hydrogen (secondary N) is 1. The molecule has 1 heterocycles. The van der Waals surface area contributed by atoms with Crippen molar-refractivity contribution < 1.29 is 0 Å². The summed E-state index contributed by atoms with van der Waals surface area (Å²) in [6, 6.07) is 9.12. The van der Waals surface area contributed by atoms with Crippen LogP contribution in [0, 0.1) is 19.8 Å². The van der Waals surface area contributed by atoms with Gasteiger partial charge in [0.05, 0.1) is 11.7 Å². The molecule has 0 spiro atoms. The third kappa shape index (κ3) is 3.35. The summed E-state index contributed by atoms with van der Waals surface area (Å²) in [7, 11) is 4.03. The van der Waals surface area contributed by atoms with Crippen molar-refractivity contribution >= 4 is 0 Å². The maximum absolute atomic E-state index is 4.55. The van der Waals surface area contributed by atoms with Crippen molar-refractivity contribution in [2.45, 2.75) is 40.2 Å². The summed E-state index contributed by atoms with van der Waals surface area (Å²) in [5, 5.41) is 8.01. The molecule has 0 aliphatic heterocycles. The van der Waals surface area contributed by atoms with Crippen molar-refractivity contribution in [1.82, 2.24) is 15.1 Å². The Labute approximate surface area is 128 Å². The minimum atomic E-state index is 0.200. The molecule has 0 bridgehead atoms. The number of benzene rings is 1. The second-order valence-corrected chi connectivity index (χ2v) is 6.27. The summed E-state index contributed by atoms with van der Waals surface area (Å²) in [4.78, 5) is 0. The average Bonchev–Trinajstić information content (AvgIpc) is 2.66. The van der Waals surface area contributed by atoms with E-state index in [0.717, 1.165) is 12.1 Å². The highest BCUT2D eigenvalue weighted by Crippen LogP contribution is 2.28. The number of aryl methyl sites for hydroxylation is 2. The van der Waals surface area contributed by atoms with E-state index in [1.165, 1.54) is 22.4 Å². The van der Waals surface area contributed by atoms with Gasteiger partial charge in [-0.05, 0) is 44.4 Å². The summed E-state index contributed by atoms with van der Waals surface area (Å²) in [5.41, 5.74) is 6.34. The van der Waals surface area contributed by atoms with Gasteiger partial charge in [-0.25, -0.2) is 0 Å². The summed E-state index contributed by atoms with van der Waals surface area (Å²) in [6.07, 6.45) is 1.12. The molecule has 0 saturated carbocycles. The van der Waals surface area contributed by atoms with Gasteiger partial charge in [0, 0.05) is 18.3 Å². The lowest BCUT2D eigenvalue weighted by atomic mass is 9.93. The Balaban J connectivity index is 2.42. The van der Waals surface area contributed by atoms with E-state index in [-0.39, 0.29) is 6.04 Å². The second kappa shape index (κ2) is 6.44. The van der Waals surface area contributed by atoms with Gasteiger partial charge in [0.1, 0.15) is 0 Å². The third-order valence-electron chi connectivity index (χ3n) is 4.07.